The van der Waals surface area contributed by atoms with Crippen LogP contribution in [-0.4, -0.2) is 40.0 Å². The highest BCUT2D eigenvalue weighted by atomic mass is 16.4. The molecule has 0 saturated carbocycles. The SMILES string of the molecule is O=C(c1ccc(-c2cccnc2)cc1)N1CCC(C(=O)O)(c2ccccc2)CC1. The van der Waals surface area contributed by atoms with Gasteiger partial charge in [0.2, 0.25) is 0 Å². The first-order valence-electron chi connectivity index (χ1n) is 9.69. The highest BCUT2D eigenvalue weighted by Crippen LogP contribution is 2.36. The summed E-state index contributed by atoms with van der Waals surface area (Å²) in [6.07, 6.45) is 4.33. The monoisotopic (exact) mass is 386 g/mol. The summed E-state index contributed by atoms with van der Waals surface area (Å²) >= 11 is 0. The number of rotatable bonds is 4. The van der Waals surface area contributed by atoms with Crippen molar-refractivity contribution in [1.29, 1.82) is 0 Å². The van der Waals surface area contributed by atoms with Crippen LogP contribution in [0.3, 0.4) is 0 Å². The van der Waals surface area contributed by atoms with E-state index >= 15 is 0 Å². The van der Waals surface area contributed by atoms with Crippen molar-refractivity contribution in [1.82, 2.24) is 9.88 Å². The molecule has 1 aromatic heterocycles. The van der Waals surface area contributed by atoms with Gasteiger partial charge in [-0.05, 0) is 47.7 Å². The number of pyridine rings is 1. The maximum absolute atomic E-state index is 12.9. The lowest BCUT2D eigenvalue weighted by atomic mass is 9.72. The van der Waals surface area contributed by atoms with E-state index in [1.165, 1.54) is 0 Å². The molecule has 4 rings (SSSR count). The van der Waals surface area contributed by atoms with E-state index < -0.39 is 11.4 Å². The standard InChI is InChI=1S/C24H22N2O3/c27-22(19-10-8-18(9-11-19)20-5-4-14-25-17-20)26-15-12-24(13-16-26,23(28)29)21-6-2-1-3-7-21/h1-11,14,17H,12-13,15-16H2,(H,28,29). The molecule has 2 aromatic carbocycles. The van der Waals surface area contributed by atoms with Crippen LogP contribution in [0.15, 0.2) is 79.1 Å². The Morgan fingerprint density at radius 1 is 0.862 bits per heavy atom. The van der Waals surface area contributed by atoms with Crippen molar-refractivity contribution in [3.63, 3.8) is 0 Å². The fourth-order valence-electron chi connectivity index (χ4n) is 4.00. The number of benzene rings is 2. The van der Waals surface area contributed by atoms with E-state index in [1.807, 2.05) is 66.7 Å². The minimum absolute atomic E-state index is 0.0604. The van der Waals surface area contributed by atoms with E-state index in [-0.39, 0.29) is 5.91 Å². The van der Waals surface area contributed by atoms with Crippen molar-refractivity contribution in [3.05, 3.63) is 90.3 Å². The predicted octanol–water partition coefficient (Wildman–Crippen LogP) is 4.01. The normalized spacial score (nSPS) is 15.7. The lowest BCUT2D eigenvalue weighted by molar-refractivity contribution is -0.145. The third kappa shape index (κ3) is 3.63. The summed E-state index contributed by atoms with van der Waals surface area (Å²) in [7, 11) is 0. The second kappa shape index (κ2) is 7.87. The predicted molar refractivity (Wildman–Crippen MR) is 111 cm³/mol. The molecule has 1 fully saturated rings. The van der Waals surface area contributed by atoms with E-state index in [9.17, 15) is 14.7 Å². The zero-order valence-electron chi connectivity index (χ0n) is 16.0. The third-order valence-electron chi connectivity index (χ3n) is 5.77. The maximum Gasteiger partial charge on any atom is 0.314 e. The van der Waals surface area contributed by atoms with E-state index in [1.54, 1.807) is 17.3 Å². The van der Waals surface area contributed by atoms with Gasteiger partial charge in [0.05, 0.1) is 5.41 Å². The number of hydrogen-bond donors (Lipinski definition) is 1. The summed E-state index contributed by atoms with van der Waals surface area (Å²) in [5.74, 6) is -0.883. The van der Waals surface area contributed by atoms with Gasteiger partial charge in [0.1, 0.15) is 0 Å². The van der Waals surface area contributed by atoms with Gasteiger partial charge < -0.3 is 10.0 Å². The molecule has 5 heteroatoms. The Hall–Kier alpha value is -3.47. The van der Waals surface area contributed by atoms with Crippen molar-refractivity contribution in [2.24, 2.45) is 0 Å². The number of carbonyl (C=O) groups is 2. The average Bonchev–Trinajstić information content (AvgIpc) is 2.80. The number of nitrogens with zero attached hydrogens (tertiary/aromatic N) is 2. The Morgan fingerprint density at radius 2 is 1.55 bits per heavy atom. The van der Waals surface area contributed by atoms with Crippen LogP contribution >= 0.6 is 0 Å². The molecule has 0 aliphatic carbocycles. The molecule has 1 saturated heterocycles. The fourth-order valence-corrected chi connectivity index (χ4v) is 4.00. The van der Waals surface area contributed by atoms with E-state index in [0.717, 1.165) is 16.7 Å². The van der Waals surface area contributed by atoms with Gasteiger partial charge in [-0.3, -0.25) is 14.6 Å². The number of amides is 1. The van der Waals surface area contributed by atoms with Crippen LogP contribution in [0.2, 0.25) is 0 Å². The van der Waals surface area contributed by atoms with Gasteiger partial charge in [-0.25, -0.2) is 0 Å². The van der Waals surface area contributed by atoms with Gasteiger partial charge in [0.25, 0.3) is 5.91 Å². The van der Waals surface area contributed by atoms with Crippen molar-refractivity contribution < 1.29 is 14.7 Å². The number of carboxylic acid groups (broad SMARTS) is 1. The Bertz CT molecular complexity index is 993. The van der Waals surface area contributed by atoms with E-state index in [0.29, 0.717) is 31.5 Å². The molecule has 0 spiro atoms. The van der Waals surface area contributed by atoms with Gasteiger partial charge in [0, 0.05) is 31.0 Å². The molecule has 1 aliphatic rings. The smallest absolute Gasteiger partial charge is 0.314 e. The van der Waals surface area contributed by atoms with Crippen molar-refractivity contribution >= 4 is 11.9 Å². The Labute approximate surface area is 169 Å². The lowest BCUT2D eigenvalue weighted by Gasteiger charge is -2.39. The number of likely N-dealkylation sites (tertiary alicyclic amines) is 1. The van der Waals surface area contributed by atoms with Gasteiger partial charge >= 0.3 is 5.97 Å². The highest BCUT2D eigenvalue weighted by molar-refractivity contribution is 5.95. The molecule has 0 bridgehead atoms. The Morgan fingerprint density at radius 3 is 2.14 bits per heavy atom. The molecular formula is C24H22N2O3. The summed E-state index contributed by atoms with van der Waals surface area (Å²) in [5, 5.41) is 9.91. The van der Waals surface area contributed by atoms with Crippen LogP contribution in [0.4, 0.5) is 0 Å². The fraction of sp³-hybridized carbons (Fsp3) is 0.208. The van der Waals surface area contributed by atoms with E-state index in [4.69, 9.17) is 0 Å². The summed E-state index contributed by atoms with van der Waals surface area (Å²) in [6.45, 7) is 0.842. The molecule has 0 atom stereocenters. The van der Waals surface area contributed by atoms with Crippen molar-refractivity contribution in [2.45, 2.75) is 18.3 Å². The van der Waals surface area contributed by atoms with Gasteiger partial charge in [-0.1, -0.05) is 48.5 Å². The number of aliphatic carboxylic acids is 1. The molecule has 2 heterocycles. The first-order chi connectivity index (χ1) is 14.1. The summed E-state index contributed by atoms with van der Waals surface area (Å²) in [6, 6.07) is 20.7. The molecule has 0 radical (unpaired) electrons. The van der Waals surface area contributed by atoms with Crippen molar-refractivity contribution in [3.8, 4) is 11.1 Å². The number of piperidine rings is 1. The minimum atomic E-state index is -0.928. The molecule has 1 aliphatic heterocycles. The Kier molecular flexibility index (Phi) is 5.12. The molecule has 1 amide bonds. The van der Waals surface area contributed by atoms with E-state index in [2.05, 4.69) is 4.98 Å². The van der Waals surface area contributed by atoms with Crippen LogP contribution in [-0.2, 0) is 10.2 Å². The lowest BCUT2D eigenvalue weighted by Crippen LogP contribution is -2.49. The van der Waals surface area contributed by atoms with Gasteiger partial charge in [-0.15, -0.1) is 0 Å². The first-order valence-corrected chi connectivity index (χ1v) is 9.69. The average molecular weight is 386 g/mol. The Balaban J connectivity index is 1.48. The molecule has 146 valence electrons. The zero-order chi connectivity index (χ0) is 20.3. The van der Waals surface area contributed by atoms with Crippen LogP contribution in [0.5, 0.6) is 0 Å². The summed E-state index contributed by atoms with van der Waals surface area (Å²) in [5.41, 5.74) is 2.49. The van der Waals surface area contributed by atoms with Crippen LogP contribution < -0.4 is 0 Å². The second-order valence-electron chi connectivity index (χ2n) is 7.36. The number of hydrogen-bond acceptors (Lipinski definition) is 3. The summed E-state index contributed by atoms with van der Waals surface area (Å²) in [4.78, 5) is 30.9. The van der Waals surface area contributed by atoms with Gasteiger partial charge in [0.15, 0.2) is 0 Å². The van der Waals surface area contributed by atoms with Crippen molar-refractivity contribution in [2.75, 3.05) is 13.1 Å². The van der Waals surface area contributed by atoms with Crippen LogP contribution in [0.1, 0.15) is 28.8 Å². The van der Waals surface area contributed by atoms with Crippen LogP contribution in [0, 0.1) is 0 Å². The molecular weight excluding hydrogens is 364 g/mol. The number of aromatic nitrogens is 1. The number of carbonyl (C=O) groups excluding carboxylic acids is 1. The topological polar surface area (TPSA) is 70.5 Å². The second-order valence-corrected chi connectivity index (χ2v) is 7.36. The minimum Gasteiger partial charge on any atom is -0.481 e. The molecule has 29 heavy (non-hydrogen) atoms. The highest BCUT2D eigenvalue weighted by Gasteiger charge is 2.43. The van der Waals surface area contributed by atoms with Crippen LogP contribution in [0.25, 0.3) is 11.1 Å². The largest absolute Gasteiger partial charge is 0.481 e. The van der Waals surface area contributed by atoms with Gasteiger partial charge in [-0.2, -0.15) is 0 Å². The molecule has 3 aromatic rings. The molecule has 0 unspecified atom stereocenters. The third-order valence-corrected chi connectivity index (χ3v) is 5.77. The maximum atomic E-state index is 12.9. The number of carboxylic acids is 1. The zero-order valence-corrected chi connectivity index (χ0v) is 16.0. The molecule has 5 nitrogen and oxygen atoms in total. The molecule has 1 N–H and O–H groups in total. The quantitative estimate of drug-likeness (QED) is 0.736. The first kappa shape index (κ1) is 18.9. The summed E-state index contributed by atoms with van der Waals surface area (Å²) < 4.78 is 0.